The lowest BCUT2D eigenvalue weighted by Gasteiger charge is -2.14. The van der Waals surface area contributed by atoms with Crippen LogP contribution in [0.3, 0.4) is 0 Å². The van der Waals surface area contributed by atoms with Crippen LogP contribution < -0.4 is 5.73 Å². The van der Waals surface area contributed by atoms with E-state index in [0.29, 0.717) is 12.0 Å². The number of benzene rings is 1. The van der Waals surface area contributed by atoms with Crippen molar-refractivity contribution in [1.82, 2.24) is 0 Å². The van der Waals surface area contributed by atoms with Gasteiger partial charge in [-0.3, -0.25) is 0 Å². The van der Waals surface area contributed by atoms with Gasteiger partial charge in [0.15, 0.2) is 0 Å². The fraction of sp³-hybridized carbons (Fsp3) is 0.455. The zero-order valence-electron chi connectivity index (χ0n) is 8.23. The number of rotatable bonds is 4. The highest BCUT2D eigenvalue weighted by atomic mass is 32.2. The Hall–Kier alpha value is -0.470. The van der Waals surface area contributed by atoms with E-state index in [1.54, 1.807) is 0 Å². The summed E-state index contributed by atoms with van der Waals surface area (Å²) in [6, 6.07) is 10.7. The molecule has 0 saturated carbocycles. The molecule has 0 aliphatic heterocycles. The number of thioether (sulfide) groups is 1. The lowest BCUT2D eigenvalue weighted by atomic mass is 10.1. The highest BCUT2D eigenvalue weighted by molar-refractivity contribution is 7.99. The molecule has 1 aromatic rings. The molecular weight excluding hydrogens is 178 g/mol. The third kappa shape index (κ3) is 3.83. The Morgan fingerprint density at radius 1 is 1.23 bits per heavy atom. The summed E-state index contributed by atoms with van der Waals surface area (Å²) in [4.78, 5) is 1.30. The van der Waals surface area contributed by atoms with Crippen molar-refractivity contribution in [1.29, 1.82) is 0 Å². The maximum Gasteiger partial charge on any atom is 0.0157 e. The maximum atomic E-state index is 5.94. The predicted octanol–water partition coefficient (Wildman–Crippen LogP) is 2.76. The van der Waals surface area contributed by atoms with Gasteiger partial charge in [0.1, 0.15) is 0 Å². The second-order valence-corrected chi connectivity index (χ2v) is 4.63. The van der Waals surface area contributed by atoms with E-state index in [-0.39, 0.29) is 0 Å². The van der Waals surface area contributed by atoms with Crippen molar-refractivity contribution in [3.05, 3.63) is 30.3 Å². The lowest BCUT2D eigenvalue weighted by molar-refractivity contribution is 0.535. The van der Waals surface area contributed by atoms with Crippen molar-refractivity contribution in [2.75, 3.05) is 5.75 Å². The van der Waals surface area contributed by atoms with E-state index in [2.05, 4.69) is 38.1 Å². The number of nitrogens with two attached hydrogens (primary N) is 1. The molecule has 0 fully saturated rings. The minimum Gasteiger partial charge on any atom is -0.327 e. The standard InChI is InChI=1S/C11H17NS/c1-9(2)11(12)8-13-10-6-4-3-5-7-10/h3-7,9,11H,8,12H2,1-2H3/t11-/m1/s1. The van der Waals surface area contributed by atoms with Crippen LogP contribution in [0.15, 0.2) is 35.2 Å². The summed E-state index contributed by atoms with van der Waals surface area (Å²) in [5.41, 5.74) is 5.94. The van der Waals surface area contributed by atoms with E-state index < -0.39 is 0 Å². The van der Waals surface area contributed by atoms with Crippen molar-refractivity contribution >= 4 is 11.8 Å². The summed E-state index contributed by atoms with van der Waals surface area (Å²) < 4.78 is 0. The van der Waals surface area contributed by atoms with Crippen molar-refractivity contribution < 1.29 is 0 Å². The topological polar surface area (TPSA) is 26.0 Å². The van der Waals surface area contributed by atoms with Crippen LogP contribution in [-0.4, -0.2) is 11.8 Å². The first-order chi connectivity index (χ1) is 6.20. The summed E-state index contributed by atoms with van der Waals surface area (Å²) in [5, 5.41) is 0. The first kappa shape index (κ1) is 10.6. The van der Waals surface area contributed by atoms with Gasteiger partial charge < -0.3 is 5.73 Å². The molecule has 0 amide bonds. The SMILES string of the molecule is CC(C)[C@H](N)CSc1ccccc1. The molecule has 0 saturated heterocycles. The van der Waals surface area contributed by atoms with Crippen LogP contribution in [0.2, 0.25) is 0 Å². The summed E-state index contributed by atoms with van der Waals surface area (Å²) in [6.45, 7) is 4.33. The van der Waals surface area contributed by atoms with Gasteiger partial charge in [0.05, 0.1) is 0 Å². The Labute approximate surface area is 84.7 Å². The molecular formula is C11H17NS. The van der Waals surface area contributed by atoms with Crippen molar-refractivity contribution in [3.63, 3.8) is 0 Å². The van der Waals surface area contributed by atoms with Crippen LogP contribution in [0, 0.1) is 5.92 Å². The molecule has 1 atom stereocenters. The van der Waals surface area contributed by atoms with Gasteiger partial charge in [-0.2, -0.15) is 0 Å². The Balaban J connectivity index is 2.35. The molecule has 13 heavy (non-hydrogen) atoms. The Morgan fingerprint density at radius 2 is 1.85 bits per heavy atom. The average molecular weight is 195 g/mol. The van der Waals surface area contributed by atoms with Gasteiger partial charge in [-0.05, 0) is 18.1 Å². The third-order valence-corrected chi connectivity index (χ3v) is 3.20. The van der Waals surface area contributed by atoms with Crippen LogP contribution in [0.1, 0.15) is 13.8 Å². The van der Waals surface area contributed by atoms with Gasteiger partial charge in [0.25, 0.3) is 0 Å². The first-order valence-corrected chi connectivity index (χ1v) is 5.62. The minimum absolute atomic E-state index is 0.296. The third-order valence-electron chi connectivity index (χ3n) is 2.04. The molecule has 1 nitrogen and oxygen atoms in total. The molecule has 0 bridgehead atoms. The molecule has 0 spiro atoms. The molecule has 1 aromatic carbocycles. The van der Waals surface area contributed by atoms with Gasteiger partial charge in [-0.1, -0.05) is 32.0 Å². The molecule has 0 aliphatic rings. The molecule has 0 heterocycles. The Morgan fingerprint density at radius 3 is 2.38 bits per heavy atom. The van der Waals surface area contributed by atoms with Crippen LogP contribution >= 0.6 is 11.8 Å². The zero-order valence-corrected chi connectivity index (χ0v) is 9.05. The van der Waals surface area contributed by atoms with Gasteiger partial charge in [-0.15, -0.1) is 11.8 Å². The lowest BCUT2D eigenvalue weighted by Crippen LogP contribution is -2.28. The summed E-state index contributed by atoms with van der Waals surface area (Å²) in [6.07, 6.45) is 0. The molecule has 0 aliphatic carbocycles. The van der Waals surface area contributed by atoms with Crippen LogP contribution in [0.4, 0.5) is 0 Å². The second kappa shape index (κ2) is 5.30. The quantitative estimate of drug-likeness (QED) is 0.748. The molecule has 2 N–H and O–H groups in total. The molecule has 0 aromatic heterocycles. The highest BCUT2D eigenvalue weighted by Crippen LogP contribution is 2.19. The smallest absolute Gasteiger partial charge is 0.0157 e. The predicted molar refractivity (Wildman–Crippen MR) is 60.0 cm³/mol. The largest absolute Gasteiger partial charge is 0.327 e. The van der Waals surface area contributed by atoms with E-state index in [0.717, 1.165) is 5.75 Å². The molecule has 0 radical (unpaired) electrons. The fourth-order valence-electron chi connectivity index (χ4n) is 0.902. The number of hydrogen-bond acceptors (Lipinski definition) is 2. The zero-order chi connectivity index (χ0) is 9.68. The fourth-order valence-corrected chi connectivity index (χ4v) is 2.02. The first-order valence-electron chi connectivity index (χ1n) is 4.63. The van der Waals surface area contributed by atoms with Crippen LogP contribution in [0.25, 0.3) is 0 Å². The molecule has 2 heteroatoms. The average Bonchev–Trinajstić information content (AvgIpc) is 2.15. The molecule has 1 rings (SSSR count). The van der Waals surface area contributed by atoms with Gasteiger partial charge in [0, 0.05) is 16.7 Å². The van der Waals surface area contributed by atoms with E-state index in [9.17, 15) is 0 Å². The monoisotopic (exact) mass is 195 g/mol. The highest BCUT2D eigenvalue weighted by Gasteiger charge is 2.07. The van der Waals surface area contributed by atoms with E-state index in [4.69, 9.17) is 5.73 Å². The molecule has 0 unspecified atom stereocenters. The summed E-state index contributed by atoms with van der Waals surface area (Å²) in [5.74, 6) is 1.57. The van der Waals surface area contributed by atoms with Crippen LogP contribution in [0.5, 0.6) is 0 Å². The summed E-state index contributed by atoms with van der Waals surface area (Å²) in [7, 11) is 0. The van der Waals surface area contributed by atoms with E-state index in [1.807, 2.05) is 17.8 Å². The van der Waals surface area contributed by atoms with E-state index >= 15 is 0 Å². The van der Waals surface area contributed by atoms with Gasteiger partial charge in [0.2, 0.25) is 0 Å². The van der Waals surface area contributed by atoms with Gasteiger partial charge in [-0.25, -0.2) is 0 Å². The number of hydrogen-bond donors (Lipinski definition) is 1. The van der Waals surface area contributed by atoms with Crippen molar-refractivity contribution in [2.45, 2.75) is 24.8 Å². The van der Waals surface area contributed by atoms with Crippen molar-refractivity contribution in [2.24, 2.45) is 11.7 Å². The summed E-state index contributed by atoms with van der Waals surface area (Å²) >= 11 is 1.83. The minimum atomic E-state index is 0.296. The molecule has 72 valence electrons. The Bertz CT molecular complexity index is 233. The van der Waals surface area contributed by atoms with Gasteiger partial charge >= 0.3 is 0 Å². The van der Waals surface area contributed by atoms with E-state index in [1.165, 1.54) is 4.90 Å². The van der Waals surface area contributed by atoms with Crippen molar-refractivity contribution in [3.8, 4) is 0 Å². The normalized spacial score (nSPS) is 13.2. The second-order valence-electron chi connectivity index (χ2n) is 3.53. The van der Waals surface area contributed by atoms with Crippen LogP contribution in [-0.2, 0) is 0 Å². The maximum absolute atomic E-state index is 5.94. The Kier molecular flexibility index (Phi) is 4.33.